The molecule has 96 valence electrons. The number of hydrogen-bond donors (Lipinski definition) is 1. The van der Waals surface area contributed by atoms with Crippen molar-refractivity contribution < 1.29 is 9.66 Å². The lowest BCUT2D eigenvalue weighted by Crippen LogP contribution is -2.23. The molecule has 18 heavy (non-hydrogen) atoms. The number of nitriles is 1. The Bertz CT molecular complexity index is 495. The predicted molar refractivity (Wildman–Crippen MR) is 70.9 cm³/mol. The van der Waals surface area contributed by atoms with Crippen LogP contribution in [0.3, 0.4) is 0 Å². The number of ether oxygens (including phenoxy) is 1. The molecule has 0 aliphatic heterocycles. The largest absolute Gasteiger partial charge is 0.486 e. The van der Waals surface area contributed by atoms with Gasteiger partial charge in [0, 0.05) is 11.5 Å². The van der Waals surface area contributed by atoms with Crippen molar-refractivity contribution in [3.05, 3.63) is 33.9 Å². The van der Waals surface area contributed by atoms with Crippen LogP contribution in [0.15, 0.2) is 18.2 Å². The maximum atomic E-state index is 10.9. The molecule has 6 heteroatoms. The summed E-state index contributed by atoms with van der Waals surface area (Å²) in [5.74, 6) is 0.783. The van der Waals surface area contributed by atoms with Crippen LogP contribution in [0.1, 0.15) is 19.4 Å². The summed E-state index contributed by atoms with van der Waals surface area (Å²) in [5.41, 5.74) is -0.128. The first-order valence-electron chi connectivity index (χ1n) is 5.32. The van der Waals surface area contributed by atoms with E-state index >= 15 is 0 Å². The number of rotatable bonds is 5. The van der Waals surface area contributed by atoms with E-state index in [2.05, 4.69) is 12.6 Å². The molecule has 0 fully saturated rings. The fourth-order valence-electron chi connectivity index (χ4n) is 1.17. The predicted octanol–water partition coefficient (Wildman–Crippen LogP) is 2.80. The van der Waals surface area contributed by atoms with Gasteiger partial charge in [-0.25, -0.2) is 0 Å². The molecular formula is C12H14N2O3S. The van der Waals surface area contributed by atoms with Crippen LogP contribution in [0.2, 0.25) is 0 Å². The second kappa shape index (κ2) is 5.74. The van der Waals surface area contributed by atoms with E-state index in [0.717, 1.165) is 0 Å². The SMILES string of the molecule is CC(C)(CS)COc1ccc(C#N)cc1[N+](=O)[O-]. The molecule has 1 rings (SSSR count). The van der Waals surface area contributed by atoms with E-state index in [0.29, 0.717) is 12.4 Å². The molecule has 0 aliphatic carbocycles. The highest BCUT2D eigenvalue weighted by Gasteiger charge is 2.21. The van der Waals surface area contributed by atoms with E-state index in [1.807, 2.05) is 19.9 Å². The van der Waals surface area contributed by atoms with E-state index in [4.69, 9.17) is 10.00 Å². The van der Waals surface area contributed by atoms with Crippen molar-refractivity contribution in [2.75, 3.05) is 12.4 Å². The minimum atomic E-state index is -0.552. The zero-order chi connectivity index (χ0) is 13.8. The van der Waals surface area contributed by atoms with Crippen LogP contribution in [-0.2, 0) is 0 Å². The smallest absolute Gasteiger partial charge is 0.312 e. The first-order valence-corrected chi connectivity index (χ1v) is 5.95. The van der Waals surface area contributed by atoms with Gasteiger partial charge in [0.15, 0.2) is 5.75 Å². The lowest BCUT2D eigenvalue weighted by Gasteiger charge is -2.21. The van der Waals surface area contributed by atoms with Gasteiger partial charge in [-0.3, -0.25) is 10.1 Å². The average molecular weight is 266 g/mol. The van der Waals surface area contributed by atoms with Crippen molar-refractivity contribution in [3.63, 3.8) is 0 Å². The number of benzene rings is 1. The van der Waals surface area contributed by atoms with Crippen LogP contribution in [0.25, 0.3) is 0 Å². The third kappa shape index (κ3) is 3.64. The first kappa shape index (κ1) is 14.3. The van der Waals surface area contributed by atoms with Gasteiger partial charge in [0.1, 0.15) is 0 Å². The average Bonchev–Trinajstić information content (AvgIpc) is 2.36. The van der Waals surface area contributed by atoms with Gasteiger partial charge in [0.2, 0.25) is 0 Å². The molecule has 0 bridgehead atoms. The van der Waals surface area contributed by atoms with Gasteiger partial charge in [0.25, 0.3) is 0 Å². The molecule has 0 saturated carbocycles. The number of hydrogen-bond acceptors (Lipinski definition) is 5. The van der Waals surface area contributed by atoms with Crippen molar-refractivity contribution in [2.24, 2.45) is 5.41 Å². The van der Waals surface area contributed by atoms with Gasteiger partial charge in [0.05, 0.1) is 23.2 Å². The molecule has 0 amide bonds. The molecule has 0 spiro atoms. The van der Waals surface area contributed by atoms with E-state index in [-0.39, 0.29) is 22.4 Å². The number of thiol groups is 1. The van der Waals surface area contributed by atoms with E-state index in [1.54, 1.807) is 0 Å². The van der Waals surface area contributed by atoms with Crippen molar-refractivity contribution in [3.8, 4) is 11.8 Å². The fraction of sp³-hybridized carbons (Fsp3) is 0.417. The fourth-order valence-corrected chi connectivity index (χ4v) is 1.26. The highest BCUT2D eigenvalue weighted by molar-refractivity contribution is 7.80. The van der Waals surface area contributed by atoms with Crippen LogP contribution < -0.4 is 4.74 Å². The van der Waals surface area contributed by atoms with Crippen LogP contribution >= 0.6 is 12.6 Å². The Morgan fingerprint density at radius 3 is 2.72 bits per heavy atom. The van der Waals surface area contributed by atoms with Crippen LogP contribution in [0, 0.1) is 26.9 Å². The molecule has 0 heterocycles. The molecule has 0 saturated heterocycles. The minimum Gasteiger partial charge on any atom is -0.486 e. The van der Waals surface area contributed by atoms with E-state index < -0.39 is 4.92 Å². The third-order valence-corrected chi connectivity index (χ3v) is 3.19. The Morgan fingerprint density at radius 2 is 2.22 bits per heavy atom. The molecule has 0 N–H and O–H groups in total. The van der Waals surface area contributed by atoms with Crippen LogP contribution in [0.4, 0.5) is 5.69 Å². The summed E-state index contributed by atoms with van der Waals surface area (Å²) in [6.07, 6.45) is 0. The van der Waals surface area contributed by atoms with Gasteiger partial charge in [-0.15, -0.1) is 0 Å². The Morgan fingerprint density at radius 1 is 1.56 bits per heavy atom. The summed E-state index contributed by atoms with van der Waals surface area (Å²) in [5, 5.41) is 19.6. The van der Waals surface area contributed by atoms with Gasteiger partial charge < -0.3 is 4.74 Å². The van der Waals surface area contributed by atoms with Crippen molar-refractivity contribution in [1.82, 2.24) is 0 Å². The van der Waals surface area contributed by atoms with Gasteiger partial charge >= 0.3 is 5.69 Å². The van der Waals surface area contributed by atoms with Crippen molar-refractivity contribution in [2.45, 2.75) is 13.8 Å². The second-order valence-corrected chi connectivity index (χ2v) is 4.98. The monoisotopic (exact) mass is 266 g/mol. The van der Waals surface area contributed by atoms with Crippen molar-refractivity contribution >= 4 is 18.3 Å². The molecule has 0 aliphatic rings. The van der Waals surface area contributed by atoms with E-state index in [1.165, 1.54) is 18.2 Å². The maximum Gasteiger partial charge on any atom is 0.312 e. The molecule has 0 radical (unpaired) electrons. The Balaban J connectivity index is 2.96. The molecule has 5 nitrogen and oxygen atoms in total. The van der Waals surface area contributed by atoms with Gasteiger partial charge in [-0.05, 0) is 17.9 Å². The molecule has 0 atom stereocenters. The summed E-state index contributed by atoms with van der Waals surface area (Å²) in [6, 6.07) is 6.02. The number of nitrogens with zero attached hydrogens (tertiary/aromatic N) is 2. The Hall–Kier alpha value is -1.74. The van der Waals surface area contributed by atoms with Crippen molar-refractivity contribution in [1.29, 1.82) is 5.26 Å². The van der Waals surface area contributed by atoms with Gasteiger partial charge in [-0.1, -0.05) is 13.8 Å². The Labute approximate surface area is 111 Å². The molecule has 0 unspecified atom stereocenters. The summed E-state index contributed by atoms with van der Waals surface area (Å²) in [4.78, 5) is 10.3. The summed E-state index contributed by atoms with van der Waals surface area (Å²) < 4.78 is 5.45. The second-order valence-electron chi connectivity index (χ2n) is 4.66. The molecular weight excluding hydrogens is 252 g/mol. The topological polar surface area (TPSA) is 76.2 Å². The number of nitro groups is 1. The number of nitro benzene ring substituents is 1. The maximum absolute atomic E-state index is 10.9. The highest BCUT2D eigenvalue weighted by atomic mass is 32.1. The van der Waals surface area contributed by atoms with Crippen LogP contribution in [-0.4, -0.2) is 17.3 Å². The standard InChI is InChI=1S/C12H14N2O3S/c1-12(2,8-18)7-17-11-4-3-9(6-13)5-10(11)14(15)16/h3-5,18H,7-8H2,1-2H3. The zero-order valence-electron chi connectivity index (χ0n) is 10.2. The summed E-state index contributed by atoms with van der Waals surface area (Å²) in [6.45, 7) is 4.23. The third-order valence-electron chi connectivity index (χ3n) is 2.33. The molecule has 1 aromatic carbocycles. The molecule has 0 aromatic heterocycles. The quantitative estimate of drug-likeness (QED) is 0.505. The van der Waals surface area contributed by atoms with E-state index in [9.17, 15) is 10.1 Å². The molecule has 1 aromatic rings. The normalized spacial score (nSPS) is 10.8. The minimum absolute atomic E-state index is 0.175. The highest BCUT2D eigenvalue weighted by Crippen LogP contribution is 2.29. The van der Waals surface area contributed by atoms with Crippen LogP contribution in [0.5, 0.6) is 5.75 Å². The summed E-state index contributed by atoms with van der Waals surface area (Å²) >= 11 is 4.19. The summed E-state index contributed by atoms with van der Waals surface area (Å²) in [7, 11) is 0. The lowest BCUT2D eigenvalue weighted by molar-refractivity contribution is -0.386. The first-order chi connectivity index (χ1) is 8.39. The van der Waals surface area contributed by atoms with Gasteiger partial charge in [-0.2, -0.15) is 17.9 Å². The Kier molecular flexibility index (Phi) is 4.56. The lowest BCUT2D eigenvalue weighted by atomic mass is 9.98. The zero-order valence-corrected chi connectivity index (χ0v) is 11.1.